The van der Waals surface area contributed by atoms with Crippen molar-refractivity contribution >= 4 is 10.1 Å². The molecule has 0 saturated heterocycles. The van der Waals surface area contributed by atoms with Gasteiger partial charge in [-0.3, -0.25) is 4.18 Å². The second kappa shape index (κ2) is 3.32. The molecule has 0 aliphatic rings. The van der Waals surface area contributed by atoms with E-state index in [1.54, 1.807) is 13.8 Å². The minimum atomic E-state index is -3.35. The quantitative estimate of drug-likeness (QED) is 0.586. The summed E-state index contributed by atoms with van der Waals surface area (Å²) < 4.78 is 25.5. The number of rotatable bonds is 3. The van der Waals surface area contributed by atoms with Crippen LogP contribution in [0.3, 0.4) is 0 Å². The number of hydrogen-bond acceptors (Lipinski definition) is 4. The summed E-state index contributed by atoms with van der Waals surface area (Å²) >= 11 is 0. The normalized spacial score (nSPS) is 18.4. The van der Waals surface area contributed by atoms with Crippen molar-refractivity contribution in [2.45, 2.75) is 26.0 Å². The summed E-state index contributed by atoms with van der Waals surface area (Å²) in [5, 5.41) is 0. The summed E-state index contributed by atoms with van der Waals surface area (Å²) in [6, 6.07) is -0.269. The minimum Gasteiger partial charge on any atom is -0.326 e. The lowest BCUT2D eigenvalue weighted by molar-refractivity contribution is 0.206. The van der Waals surface area contributed by atoms with Crippen LogP contribution in [0.4, 0.5) is 0 Å². The van der Waals surface area contributed by atoms with E-state index >= 15 is 0 Å². The van der Waals surface area contributed by atoms with Gasteiger partial charge in [-0.25, -0.2) is 0 Å². The van der Waals surface area contributed by atoms with Gasteiger partial charge in [0, 0.05) is 6.04 Å². The highest BCUT2D eigenvalue weighted by Crippen LogP contribution is 1.99. The van der Waals surface area contributed by atoms with E-state index in [9.17, 15) is 8.42 Å². The van der Waals surface area contributed by atoms with Crippen molar-refractivity contribution in [1.82, 2.24) is 0 Å². The SMILES string of the molecule is CC(N)C(C)OS(C)(=O)=O. The van der Waals surface area contributed by atoms with E-state index in [0.717, 1.165) is 6.26 Å². The summed E-state index contributed by atoms with van der Waals surface area (Å²) in [6.07, 6.45) is 0.557. The van der Waals surface area contributed by atoms with E-state index in [-0.39, 0.29) is 6.04 Å². The van der Waals surface area contributed by atoms with Crippen molar-refractivity contribution in [1.29, 1.82) is 0 Å². The molecule has 0 heterocycles. The van der Waals surface area contributed by atoms with E-state index in [1.807, 2.05) is 0 Å². The standard InChI is InChI=1S/C5H13NO3S/c1-4(6)5(2)9-10(3,7)8/h4-5H,6H2,1-3H3. The van der Waals surface area contributed by atoms with Crippen LogP contribution in [0, 0.1) is 0 Å². The van der Waals surface area contributed by atoms with Crippen molar-refractivity contribution in [2.75, 3.05) is 6.26 Å². The average Bonchev–Trinajstić information content (AvgIpc) is 1.60. The van der Waals surface area contributed by atoms with Gasteiger partial charge in [-0.2, -0.15) is 8.42 Å². The van der Waals surface area contributed by atoms with Crippen molar-refractivity contribution in [3.05, 3.63) is 0 Å². The first-order valence-corrected chi connectivity index (χ1v) is 4.78. The van der Waals surface area contributed by atoms with Gasteiger partial charge in [0.15, 0.2) is 0 Å². The molecule has 10 heavy (non-hydrogen) atoms. The van der Waals surface area contributed by atoms with Gasteiger partial charge < -0.3 is 5.73 Å². The molecule has 0 spiro atoms. The highest BCUT2D eigenvalue weighted by molar-refractivity contribution is 7.86. The van der Waals surface area contributed by atoms with Crippen LogP contribution in [0.1, 0.15) is 13.8 Å². The maximum absolute atomic E-state index is 10.5. The fraction of sp³-hybridized carbons (Fsp3) is 1.00. The number of hydrogen-bond donors (Lipinski definition) is 1. The molecular weight excluding hydrogens is 154 g/mol. The van der Waals surface area contributed by atoms with Gasteiger partial charge in [0.2, 0.25) is 0 Å². The molecular formula is C5H13NO3S. The fourth-order valence-electron chi connectivity index (χ4n) is 0.363. The third-order valence-corrected chi connectivity index (χ3v) is 1.72. The van der Waals surface area contributed by atoms with Gasteiger partial charge in [-0.15, -0.1) is 0 Å². The Kier molecular flexibility index (Phi) is 3.27. The Morgan fingerprint density at radius 2 is 1.80 bits per heavy atom. The molecule has 0 aromatic carbocycles. The molecule has 0 bridgehead atoms. The van der Waals surface area contributed by atoms with Crippen LogP contribution in [-0.2, 0) is 14.3 Å². The molecule has 2 atom stereocenters. The summed E-state index contributed by atoms with van der Waals surface area (Å²) in [6.45, 7) is 3.31. The summed E-state index contributed by atoms with van der Waals surface area (Å²) in [5.41, 5.74) is 5.35. The second-order valence-electron chi connectivity index (χ2n) is 2.36. The molecule has 2 N–H and O–H groups in total. The Hall–Kier alpha value is -0.130. The Balaban J connectivity index is 3.93. The molecule has 2 unspecified atom stereocenters. The van der Waals surface area contributed by atoms with Crippen molar-refractivity contribution in [3.63, 3.8) is 0 Å². The molecule has 4 nitrogen and oxygen atoms in total. The monoisotopic (exact) mass is 167 g/mol. The van der Waals surface area contributed by atoms with Crippen molar-refractivity contribution < 1.29 is 12.6 Å². The first-order valence-electron chi connectivity index (χ1n) is 2.97. The summed E-state index contributed by atoms with van der Waals surface area (Å²) in [7, 11) is -3.35. The van der Waals surface area contributed by atoms with E-state index in [2.05, 4.69) is 4.18 Å². The molecule has 5 heteroatoms. The third-order valence-electron chi connectivity index (χ3n) is 1.07. The zero-order valence-electron chi connectivity index (χ0n) is 6.37. The first-order chi connectivity index (χ1) is 4.33. The van der Waals surface area contributed by atoms with Gasteiger partial charge >= 0.3 is 0 Å². The lowest BCUT2D eigenvalue weighted by Gasteiger charge is -2.13. The summed E-state index contributed by atoms with van der Waals surface area (Å²) in [4.78, 5) is 0. The molecule has 62 valence electrons. The van der Waals surface area contributed by atoms with Crippen LogP contribution in [-0.4, -0.2) is 26.8 Å². The van der Waals surface area contributed by atoms with Gasteiger partial charge in [0.05, 0.1) is 12.4 Å². The van der Waals surface area contributed by atoms with Crippen LogP contribution in [0.5, 0.6) is 0 Å². The highest BCUT2D eigenvalue weighted by atomic mass is 32.2. The molecule has 0 radical (unpaired) electrons. The lowest BCUT2D eigenvalue weighted by atomic mass is 10.2. The van der Waals surface area contributed by atoms with Crippen LogP contribution >= 0.6 is 0 Å². The molecule has 0 fully saturated rings. The fourth-order valence-corrected chi connectivity index (χ4v) is 1.09. The van der Waals surface area contributed by atoms with Gasteiger partial charge in [-0.05, 0) is 13.8 Å². The smallest absolute Gasteiger partial charge is 0.264 e. The highest BCUT2D eigenvalue weighted by Gasteiger charge is 2.13. The molecule has 0 saturated carbocycles. The predicted octanol–water partition coefficient (Wildman–Crippen LogP) is -0.302. The second-order valence-corrected chi connectivity index (χ2v) is 3.97. The third kappa shape index (κ3) is 4.72. The Morgan fingerprint density at radius 3 is 1.90 bits per heavy atom. The Bertz CT molecular complexity index is 185. The maximum atomic E-state index is 10.5. The predicted molar refractivity (Wildman–Crippen MR) is 39.0 cm³/mol. The minimum absolute atomic E-state index is 0.269. The Labute approximate surface area is 61.5 Å². The van der Waals surface area contributed by atoms with E-state index < -0.39 is 16.2 Å². The summed E-state index contributed by atoms with van der Waals surface area (Å²) in [5.74, 6) is 0. The molecule has 0 aromatic rings. The Morgan fingerprint density at radius 1 is 1.40 bits per heavy atom. The van der Waals surface area contributed by atoms with Crippen LogP contribution in [0.25, 0.3) is 0 Å². The largest absolute Gasteiger partial charge is 0.326 e. The van der Waals surface area contributed by atoms with Gasteiger partial charge in [0.25, 0.3) is 10.1 Å². The van der Waals surface area contributed by atoms with Crippen molar-refractivity contribution in [3.8, 4) is 0 Å². The van der Waals surface area contributed by atoms with Crippen LogP contribution in [0.2, 0.25) is 0 Å². The molecule has 0 rings (SSSR count). The van der Waals surface area contributed by atoms with Gasteiger partial charge in [-0.1, -0.05) is 0 Å². The van der Waals surface area contributed by atoms with Gasteiger partial charge in [0.1, 0.15) is 0 Å². The molecule has 0 aliphatic carbocycles. The number of nitrogens with two attached hydrogens (primary N) is 1. The van der Waals surface area contributed by atoms with Crippen LogP contribution in [0.15, 0.2) is 0 Å². The van der Waals surface area contributed by atoms with E-state index in [4.69, 9.17) is 5.73 Å². The zero-order valence-corrected chi connectivity index (χ0v) is 7.18. The topological polar surface area (TPSA) is 69.4 Å². The zero-order chi connectivity index (χ0) is 8.36. The molecule has 0 aliphatic heterocycles. The van der Waals surface area contributed by atoms with E-state index in [1.165, 1.54) is 0 Å². The average molecular weight is 167 g/mol. The van der Waals surface area contributed by atoms with Crippen LogP contribution < -0.4 is 5.73 Å². The first kappa shape index (κ1) is 9.87. The molecule has 0 amide bonds. The molecule has 0 aromatic heterocycles. The maximum Gasteiger partial charge on any atom is 0.264 e. The van der Waals surface area contributed by atoms with E-state index in [0.29, 0.717) is 0 Å². The van der Waals surface area contributed by atoms with Crippen molar-refractivity contribution in [2.24, 2.45) is 5.73 Å². The lowest BCUT2D eigenvalue weighted by Crippen LogP contribution is -2.32.